The minimum absolute atomic E-state index is 0.110. The minimum atomic E-state index is -4.42. The quantitative estimate of drug-likeness (QED) is 0.451. The van der Waals surface area contributed by atoms with Crippen LogP contribution in [0.5, 0.6) is 0 Å². The topological polar surface area (TPSA) is 50.7 Å². The summed E-state index contributed by atoms with van der Waals surface area (Å²) >= 11 is 1.67. The van der Waals surface area contributed by atoms with Gasteiger partial charge in [-0.25, -0.2) is 15.0 Å². The normalized spacial score (nSPS) is 16.0. The van der Waals surface area contributed by atoms with E-state index in [1.807, 2.05) is 19.2 Å². The summed E-state index contributed by atoms with van der Waals surface area (Å²) in [6, 6.07) is 5.71. The Morgan fingerprint density at radius 3 is 2.45 bits per heavy atom. The molecule has 0 aromatic carbocycles. The van der Waals surface area contributed by atoms with Crippen LogP contribution in [0.2, 0.25) is 0 Å². The summed E-state index contributed by atoms with van der Waals surface area (Å²) in [6.45, 7) is 1.94. The first-order chi connectivity index (χ1) is 14.9. The van der Waals surface area contributed by atoms with Crippen LogP contribution in [0.4, 0.5) is 24.8 Å². The molecule has 4 rings (SSSR count). The van der Waals surface area contributed by atoms with Crippen LogP contribution >= 0.6 is 11.3 Å². The lowest BCUT2D eigenvalue weighted by Crippen LogP contribution is -2.06. The monoisotopic (exact) mass is 446 g/mol. The van der Waals surface area contributed by atoms with Crippen LogP contribution in [-0.4, -0.2) is 15.0 Å². The number of rotatable bonds is 4. The molecule has 1 fully saturated rings. The van der Waals surface area contributed by atoms with Gasteiger partial charge in [0.2, 0.25) is 0 Å². The molecule has 1 saturated carbocycles. The molecule has 0 bridgehead atoms. The molecule has 1 aliphatic carbocycles. The number of aromatic nitrogens is 3. The van der Waals surface area contributed by atoms with Gasteiger partial charge in [-0.15, -0.1) is 11.3 Å². The molecule has 0 aliphatic heterocycles. The summed E-state index contributed by atoms with van der Waals surface area (Å²) in [7, 11) is 0. The SMILES string of the molecule is Cc1cc(Nc2cc(C(F)(F)F)ccn2)nc(-c2cnc(C3CCCCCCC3)s2)c1. The fraction of sp³-hybridized carbons (Fsp3) is 0.435. The van der Waals surface area contributed by atoms with Crippen LogP contribution in [0, 0.1) is 6.92 Å². The van der Waals surface area contributed by atoms with E-state index < -0.39 is 11.7 Å². The van der Waals surface area contributed by atoms with Crippen LogP contribution in [0.1, 0.15) is 67.0 Å². The van der Waals surface area contributed by atoms with E-state index in [2.05, 4.69) is 15.3 Å². The highest BCUT2D eigenvalue weighted by Gasteiger charge is 2.30. The number of thiazole rings is 1. The van der Waals surface area contributed by atoms with Crippen LogP contribution in [-0.2, 0) is 6.18 Å². The van der Waals surface area contributed by atoms with Crippen LogP contribution in [0.3, 0.4) is 0 Å². The Morgan fingerprint density at radius 1 is 0.968 bits per heavy atom. The predicted molar refractivity (Wildman–Crippen MR) is 118 cm³/mol. The van der Waals surface area contributed by atoms with Gasteiger partial charge in [0.05, 0.1) is 21.1 Å². The van der Waals surface area contributed by atoms with Crippen molar-refractivity contribution < 1.29 is 13.2 Å². The first-order valence-corrected chi connectivity index (χ1v) is 11.5. The number of nitrogens with zero attached hydrogens (tertiary/aromatic N) is 3. The average molecular weight is 447 g/mol. The molecule has 3 heterocycles. The van der Waals surface area contributed by atoms with E-state index >= 15 is 0 Å². The van der Waals surface area contributed by atoms with E-state index in [0.29, 0.717) is 11.7 Å². The van der Waals surface area contributed by atoms with Gasteiger partial charge in [-0.3, -0.25) is 0 Å². The molecule has 1 N–H and O–H groups in total. The number of halogens is 3. The maximum Gasteiger partial charge on any atom is 0.416 e. The molecular formula is C23H25F3N4S. The van der Waals surface area contributed by atoms with Crippen molar-refractivity contribution in [2.45, 2.75) is 64.0 Å². The molecular weight excluding hydrogens is 421 g/mol. The number of hydrogen-bond donors (Lipinski definition) is 1. The Balaban J connectivity index is 1.55. The summed E-state index contributed by atoms with van der Waals surface area (Å²) in [6.07, 6.45) is 7.39. The van der Waals surface area contributed by atoms with Crippen molar-refractivity contribution in [3.8, 4) is 10.6 Å². The lowest BCUT2D eigenvalue weighted by atomic mass is 9.92. The summed E-state index contributed by atoms with van der Waals surface area (Å²) in [5.74, 6) is 1.08. The molecule has 0 spiro atoms. The smallest absolute Gasteiger partial charge is 0.325 e. The second-order valence-corrected chi connectivity index (χ2v) is 9.13. The zero-order chi connectivity index (χ0) is 21.8. The molecule has 31 heavy (non-hydrogen) atoms. The molecule has 3 aromatic rings. The molecule has 0 radical (unpaired) electrons. The van der Waals surface area contributed by atoms with Gasteiger partial charge in [-0.05, 0) is 49.6 Å². The van der Waals surface area contributed by atoms with Crippen LogP contribution in [0.15, 0.2) is 36.7 Å². The number of aryl methyl sites for hydroxylation is 1. The predicted octanol–water partition coefficient (Wildman–Crippen LogP) is 7.50. The molecule has 0 amide bonds. The van der Waals surface area contributed by atoms with Gasteiger partial charge in [-0.2, -0.15) is 13.2 Å². The highest BCUT2D eigenvalue weighted by atomic mass is 32.1. The van der Waals surface area contributed by atoms with Crippen molar-refractivity contribution in [1.29, 1.82) is 0 Å². The van der Waals surface area contributed by atoms with Gasteiger partial charge >= 0.3 is 6.18 Å². The zero-order valence-corrected chi connectivity index (χ0v) is 18.2. The zero-order valence-electron chi connectivity index (χ0n) is 17.4. The average Bonchev–Trinajstić information content (AvgIpc) is 3.17. The number of alkyl halides is 3. The summed E-state index contributed by atoms with van der Waals surface area (Å²) in [4.78, 5) is 14.3. The third-order valence-corrected chi connectivity index (χ3v) is 6.73. The molecule has 0 saturated heterocycles. The van der Waals surface area contributed by atoms with Gasteiger partial charge in [-0.1, -0.05) is 32.1 Å². The van der Waals surface area contributed by atoms with Crippen molar-refractivity contribution in [3.63, 3.8) is 0 Å². The van der Waals surface area contributed by atoms with Crippen LogP contribution in [0.25, 0.3) is 10.6 Å². The molecule has 8 heteroatoms. The molecule has 4 nitrogen and oxygen atoms in total. The van der Waals surface area contributed by atoms with E-state index in [4.69, 9.17) is 4.98 Å². The first kappa shape index (κ1) is 21.7. The Kier molecular flexibility index (Phi) is 6.55. The summed E-state index contributed by atoms with van der Waals surface area (Å²) in [5.41, 5.74) is 0.980. The van der Waals surface area contributed by atoms with Crippen molar-refractivity contribution in [2.24, 2.45) is 0 Å². The molecule has 0 unspecified atom stereocenters. The van der Waals surface area contributed by atoms with Gasteiger partial charge in [0.15, 0.2) is 0 Å². The third-order valence-electron chi connectivity index (χ3n) is 5.54. The Morgan fingerprint density at radius 2 is 1.71 bits per heavy atom. The van der Waals surface area contributed by atoms with Crippen molar-refractivity contribution in [1.82, 2.24) is 15.0 Å². The Labute approximate surface area is 184 Å². The minimum Gasteiger partial charge on any atom is -0.325 e. The summed E-state index contributed by atoms with van der Waals surface area (Å²) < 4.78 is 38.9. The lowest BCUT2D eigenvalue weighted by molar-refractivity contribution is -0.137. The first-order valence-electron chi connectivity index (χ1n) is 10.6. The fourth-order valence-corrected chi connectivity index (χ4v) is 5.01. The molecule has 1 aliphatic rings. The van der Waals surface area contributed by atoms with Gasteiger partial charge in [0.1, 0.15) is 11.6 Å². The number of nitrogens with one attached hydrogen (secondary N) is 1. The van der Waals surface area contributed by atoms with Crippen molar-refractivity contribution in [2.75, 3.05) is 5.32 Å². The maximum atomic E-state index is 13.0. The second-order valence-electron chi connectivity index (χ2n) is 8.07. The van der Waals surface area contributed by atoms with E-state index in [9.17, 15) is 13.2 Å². The van der Waals surface area contributed by atoms with Crippen molar-refractivity contribution in [3.05, 3.63) is 52.8 Å². The van der Waals surface area contributed by atoms with Gasteiger partial charge in [0.25, 0.3) is 0 Å². The standard InChI is InChI=1S/C23H25F3N4S/c1-15-11-18(19-14-28-22(31-19)16-7-5-3-2-4-6-8-16)29-21(12-15)30-20-13-17(9-10-27-20)23(24,25)26/h9-14,16H,2-8H2,1H3,(H,27,29,30). The Bertz CT molecular complexity index is 1020. The second kappa shape index (κ2) is 9.34. The maximum absolute atomic E-state index is 13.0. The van der Waals surface area contributed by atoms with Crippen molar-refractivity contribution >= 4 is 23.0 Å². The third kappa shape index (κ3) is 5.61. The molecule has 164 valence electrons. The number of hydrogen-bond acceptors (Lipinski definition) is 5. The largest absolute Gasteiger partial charge is 0.416 e. The molecule has 3 aromatic heterocycles. The fourth-order valence-electron chi connectivity index (χ4n) is 3.96. The summed E-state index contributed by atoms with van der Waals surface area (Å²) in [5, 5.41) is 4.08. The van der Waals surface area contributed by atoms with E-state index in [-0.39, 0.29) is 5.82 Å². The van der Waals surface area contributed by atoms with E-state index in [1.54, 1.807) is 17.4 Å². The highest BCUT2D eigenvalue weighted by Crippen LogP contribution is 2.36. The number of anilines is 2. The van der Waals surface area contributed by atoms with Gasteiger partial charge in [0, 0.05) is 18.3 Å². The number of pyridine rings is 2. The molecule has 0 atom stereocenters. The van der Waals surface area contributed by atoms with E-state index in [1.165, 1.54) is 44.9 Å². The Hall–Kier alpha value is -2.48. The lowest BCUT2D eigenvalue weighted by Gasteiger charge is -2.17. The highest BCUT2D eigenvalue weighted by molar-refractivity contribution is 7.15. The van der Waals surface area contributed by atoms with Crippen LogP contribution < -0.4 is 5.32 Å². The van der Waals surface area contributed by atoms with Gasteiger partial charge < -0.3 is 5.32 Å². The van der Waals surface area contributed by atoms with E-state index in [0.717, 1.165) is 39.5 Å².